The van der Waals surface area contributed by atoms with Crippen molar-refractivity contribution in [3.8, 4) is 11.5 Å². The van der Waals surface area contributed by atoms with Crippen LogP contribution in [-0.2, 0) is 12.1 Å². The molecule has 0 atom stereocenters. The molecule has 182 valence electrons. The van der Waals surface area contributed by atoms with Gasteiger partial charge in [0.1, 0.15) is 13.2 Å². The lowest BCUT2D eigenvalue weighted by Gasteiger charge is -2.22. The van der Waals surface area contributed by atoms with E-state index >= 15 is 0 Å². The molecule has 9 heteroatoms. The summed E-state index contributed by atoms with van der Waals surface area (Å²) >= 11 is 6.04. The van der Waals surface area contributed by atoms with Crippen LogP contribution >= 0.6 is 11.6 Å². The van der Waals surface area contributed by atoms with Crippen molar-refractivity contribution in [1.82, 2.24) is 15.1 Å². The molecule has 3 aromatic carbocycles. The number of hydrogen-bond donors (Lipinski definition) is 2. The van der Waals surface area contributed by atoms with Crippen LogP contribution in [0.5, 0.6) is 11.5 Å². The van der Waals surface area contributed by atoms with Gasteiger partial charge in [0.25, 0.3) is 5.91 Å². The molecule has 8 nitrogen and oxygen atoms in total. The number of nitrogens with zero attached hydrogens (tertiary/aromatic N) is 2. The van der Waals surface area contributed by atoms with Gasteiger partial charge in [-0.1, -0.05) is 35.9 Å². The van der Waals surface area contributed by atoms with Crippen LogP contribution in [0.15, 0.2) is 60.8 Å². The van der Waals surface area contributed by atoms with Gasteiger partial charge < -0.3 is 19.9 Å². The molecule has 0 unspecified atom stereocenters. The van der Waals surface area contributed by atoms with Crippen LogP contribution in [0.1, 0.15) is 44.7 Å². The van der Waals surface area contributed by atoms with Crippen molar-refractivity contribution in [2.45, 2.75) is 24.9 Å². The number of carboxylic acids is 1. The minimum absolute atomic E-state index is 0.209. The number of ether oxygens (including phenoxy) is 2. The second-order valence-corrected chi connectivity index (χ2v) is 9.49. The molecule has 1 aliphatic carbocycles. The molecule has 1 aromatic heterocycles. The fraction of sp³-hybridized carbons (Fsp3) is 0.222. The Kier molecular flexibility index (Phi) is 5.34. The van der Waals surface area contributed by atoms with E-state index in [-0.39, 0.29) is 11.5 Å². The lowest BCUT2D eigenvalue weighted by atomic mass is 10.0. The number of amides is 1. The molecule has 36 heavy (non-hydrogen) atoms. The number of carbonyl (C=O) groups excluding carboxylic acids is 1. The van der Waals surface area contributed by atoms with Crippen LogP contribution in [0.25, 0.3) is 10.9 Å². The topological polar surface area (TPSA) is 103 Å². The van der Waals surface area contributed by atoms with Crippen molar-refractivity contribution < 1.29 is 24.2 Å². The highest BCUT2D eigenvalue weighted by Crippen LogP contribution is 2.46. The summed E-state index contributed by atoms with van der Waals surface area (Å²) in [6.45, 7) is 1.27. The number of fused-ring (bicyclic) bond motifs is 3. The molecule has 2 N–H and O–H groups in total. The highest BCUT2D eigenvalue weighted by atomic mass is 35.5. The van der Waals surface area contributed by atoms with Gasteiger partial charge in [-0.2, -0.15) is 5.10 Å². The van der Waals surface area contributed by atoms with Crippen molar-refractivity contribution in [3.05, 3.63) is 88.1 Å². The molecule has 2 aliphatic rings. The van der Waals surface area contributed by atoms with Crippen LogP contribution in [-0.4, -0.2) is 40.0 Å². The van der Waals surface area contributed by atoms with Crippen LogP contribution in [0.3, 0.4) is 0 Å². The van der Waals surface area contributed by atoms with Gasteiger partial charge in [0.15, 0.2) is 11.5 Å². The second-order valence-electron chi connectivity index (χ2n) is 9.06. The molecule has 6 rings (SSSR count). The van der Waals surface area contributed by atoms with E-state index in [4.69, 9.17) is 21.1 Å². The zero-order valence-corrected chi connectivity index (χ0v) is 19.9. The van der Waals surface area contributed by atoms with Crippen LogP contribution in [0, 0.1) is 0 Å². The van der Waals surface area contributed by atoms with E-state index in [0.717, 1.165) is 24.0 Å². The maximum absolute atomic E-state index is 13.7. The Hall–Kier alpha value is -4.04. The summed E-state index contributed by atoms with van der Waals surface area (Å²) in [7, 11) is 0. The quantitative estimate of drug-likeness (QED) is 0.398. The number of carbonyl (C=O) groups is 2. The predicted molar refractivity (Wildman–Crippen MR) is 133 cm³/mol. The summed E-state index contributed by atoms with van der Waals surface area (Å²) in [5.41, 5.74) is 2.64. The third-order valence-electron chi connectivity index (χ3n) is 6.70. The lowest BCUT2D eigenvalue weighted by molar-refractivity contribution is 0.0696. The Labute approximate surface area is 211 Å². The number of aromatic nitrogens is 2. The molecule has 1 saturated carbocycles. The first-order valence-corrected chi connectivity index (χ1v) is 12.0. The van der Waals surface area contributed by atoms with E-state index in [1.807, 2.05) is 24.3 Å². The SMILES string of the molecule is O=C(O)c1ccc(C2(NC(=O)c3cc4c(c5cnn(Cc6ccc(Cl)cc6)c35)OCCO4)CC2)cc1. The molecule has 0 spiro atoms. The minimum atomic E-state index is -0.983. The van der Waals surface area contributed by atoms with Crippen molar-refractivity contribution >= 4 is 34.4 Å². The van der Waals surface area contributed by atoms with E-state index in [1.165, 1.54) is 0 Å². The maximum atomic E-state index is 13.7. The third kappa shape index (κ3) is 3.93. The predicted octanol–water partition coefficient (Wildman–Crippen LogP) is 4.63. The number of aromatic carboxylic acids is 1. The first-order valence-electron chi connectivity index (χ1n) is 11.6. The highest BCUT2D eigenvalue weighted by Gasteiger charge is 2.46. The lowest BCUT2D eigenvalue weighted by Crippen LogP contribution is -2.35. The number of hydrogen-bond acceptors (Lipinski definition) is 5. The summed E-state index contributed by atoms with van der Waals surface area (Å²) in [4.78, 5) is 25.0. The largest absolute Gasteiger partial charge is 0.486 e. The zero-order chi connectivity index (χ0) is 24.9. The average Bonchev–Trinajstić information content (AvgIpc) is 3.55. The summed E-state index contributed by atoms with van der Waals surface area (Å²) in [6, 6.07) is 15.9. The average molecular weight is 504 g/mol. The highest BCUT2D eigenvalue weighted by molar-refractivity contribution is 6.30. The number of halogens is 1. The molecular formula is C27H22ClN3O5. The van der Waals surface area contributed by atoms with Crippen molar-refractivity contribution in [1.29, 1.82) is 0 Å². The minimum Gasteiger partial charge on any atom is -0.486 e. The molecule has 1 amide bonds. The van der Waals surface area contributed by atoms with Crippen molar-refractivity contribution in [2.24, 2.45) is 0 Å². The van der Waals surface area contributed by atoms with Gasteiger partial charge in [0.2, 0.25) is 0 Å². The van der Waals surface area contributed by atoms with Crippen LogP contribution in [0.2, 0.25) is 5.02 Å². The Morgan fingerprint density at radius 3 is 2.47 bits per heavy atom. The van der Waals surface area contributed by atoms with Gasteiger partial charge in [-0.15, -0.1) is 0 Å². The van der Waals surface area contributed by atoms with Gasteiger partial charge in [0, 0.05) is 5.02 Å². The summed E-state index contributed by atoms with van der Waals surface area (Å²) in [5.74, 6) is -0.140. The van der Waals surface area contributed by atoms with Gasteiger partial charge >= 0.3 is 5.97 Å². The Balaban J connectivity index is 1.38. The summed E-state index contributed by atoms with van der Waals surface area (Å²) in [6.07, 6.45) is 3.23. The number of nitrogens with one attached hydrogen (secondary N) is 1. The Morgan fingerprint density at radius 2 is 1.78 bits per heavy atom. The summed E-state index contributed by atoms with van der Waals surface area (Å²) < 4.78 is 13.5. The first kappa shape index (κ1) is 22.4. The normalized spacial score (nSPS) is 15.5. The molecule has 1 aliphatic heterocycles. The van der Waals surface area contributed by atoms with E-state index < -0.39 is 11.5 Å². The standard InChI is InChI=1S/C27H22ClN3O5/c28-19-7-1-16(2-8-19)15-31-23-20(13-22-24(21(23)14-29-31)36-12-11-35-22)25(32)30-27(9-10-27)18-5-3-17(4-6-18)26(33)34/h1-8,13-14H,9-12,15H2,(H,30,32)(H,33,34). The molecule has 2 heterocycles. The number of benzene rings is 3. The smallest absolute Gasteiger partial charge is 0.335 e. The van der Waals surface area contributed by atoms with Crippen molar-refractivity contribution in [2.75, 3.05) is 13.2 Å². The van der Waals surface area contributed by atoms with E-state index in [0.29, 0.717) is 52.7 Å². The van der Waals surface area contributed by atoms with Crippen LogP contribution in [0.4, 0.5) is 0 Å². The Bertz CT molecular complexity index is 1490. The molecule has 1 fully saturated rings. The van der Waals surface area contributed by atoms with Gasteiger partial charge in [-0.3, -0.25) is 9.48 Å². The van der Waals surface area contributed by atoms with Gasteiger partial charge in [-0.25, -0.2) is 4.79 Å². The molecule has 0 saturated heterocycles. The first-order chi connectivity index (χ1) is 17.4. The summed E-state index contributed by atoms with van der Waals surface area (Å²) in [5, 5.41) is 18.3. The third-order valence-corrected chi connectivity index (χ3v) is 6.96. The Morgan fingerprint density at radius 1 is 1.06 bits per heavy atom. The molecule has 4 aromatic rings. The van der Waals surface area contributed by atoms with Gasteiger partial charge in [0.05, 0.1) is 40.3 Å². The van der Waals surface area contributed by atoms with E-state index in [9.17, 15) is 14.7 Å². The number of rotatable bonds is 6. The van der Waals surface area contributed by atoms with E-state index in [2.05, 4.69) is 10.4 Å². The monoisotopic (exact) mass is 503 g/mol. The molecular weight excluding hydrogens is 482 g/mol. The van der Waals surface area contributed by atoms with E-state index in [1.54, 1.807) is 41.2 Å². The van der Waals surface area contributed by atoms with Crippen LogP contribution < -0.4 is 14.8 Å². The molecule has 0 radical (unpaired) electrons. The fourth-order valence-corrected chi connectivity index (χ4v) is 4.79. The van der Waals surface area contributed by atoms with Gasteiger partial charge in [-0.05, 0) is 54.3 Å². The number of carboxylic acid groups (broad SMARTS) is 1. The zero-order valence-electron chi connectivity index (χ0n) is 19.2. The molecule has 0 bridgehead atoms. The second kappa shape index (κ2) is 8.57. The maximum Gasteiger partial charge on any atom is 0.335 e. The van der Waals surface area contributed by atoms with Crippen molar-refractivity contribution in [3.63, 3.8) is 0 Å². The fourth-order valence-electron chi connectivity index (χ4n) is 4.67.